The number of hydrogen-bond acceptors (Lipinski definition) is 0. The fourth-order valence-corrected chi connectivity index (χ4v) is 1.97. The van der Waals surface area contributed by atoms with Gasteiger partial charge < -0.3 is 0 Å². The molecule has 0 amide bonds. The molecule has 2 atom stereocenters. The van der Waals surface area contributed by atoms with Crippen LogP contribution < -0.4 is 0 Å². The minimum Gasteiger partial charge on any atom is -0.244 e. The first-order valence-corrected chi connectivity index (χ1v) is 4.33. The summed E-state index contributed by atoms with van der Waals surface area (Å²) in [5.74, 6) is 0.681. The van der Waals surface area contributed by atoms with Gasteiger partial charge in [0.05, 0.1) is 0 Å². The van der Waals surface area contributed by atoms with Crippen LogP contribution in [0.4, 0.5) is 4.39 Å². The molecule has 10 heavy (non-hydrogen) atoms. The van der Waals surface area contributed by atoms with E-state index < -0.39 is 5.67 Å². The Morgan fingerprint density at radius 1 is 1.60 bits per heavy atom. The number of alkyl halides is 1. The quantitative estimate of drug-likeness (QED) is 0.557. The van der Waals surface area contributed by atoms with Crippen LogP contribution in [0.1, 0.15) is 46.0 Å². The number of rotatable bonds is 2. The molecule has 0 aromatic rings. The molecule has 0 spiro atoms. The molecule has 1 fully saturated rings. The van der Waals surface area contributed by atoms with Crippen molar-refractivity contribution in [1.29, 1.82) is 0 Å². The molecule has 0 aromatic carbocycles. The Hall–Kier alpha value is -0.0700. The summed E-state index contributed by atoms with van der Waals surface area (Å²) >= 11 is 0. The van der Waals surface area contributed by atoms with E-state index in [1.807, 2.05) is 0 Å². The number of halogens is 1. The van der Waals surface area contributed by atoms with E-state index in [9.17, 15) is 4.39 Å². The fraction of sp³-hybridized carbons (Fsp3) is 1.00. The average Bonchev–Trinajstić information content (AvgIpc) is 2.12. The van der Waals surface area contributed by atoms with Gasteiger partial charge in [0.25, 0.3) is 0 Å². The van der Waals surface area contributed by atoms with Crippen LogP contribution in [0.3, 0.4) is 0 Å². The van der Waals surface area contributed by atoms with Gasteiger partial charge in [-0.1, -0.05) is 19.8 Å². The van der Waals surface area contributed by atoms with Gasteiger partial charge >= 0.3 is 0 Å². The van der Waals surface area contributed by atoms with E-state index >= 15 is 0 Å². The normalized spacial score (nSPS) is 40.5. The largest absolute Gasteiger partial charge is 0.244 e. The molecule has 1 rings (SSSR count). The predicted molar refractivity (Wildman–Crippen MR) is 41.8 cm³/mol. The maximum atomic E-state index is 13.2. The summed E-state index contributed by atoms with van der Waals surface area (Å²) in [6, 6.07) is 0. The van der Waals surface area contributed by atoms with E-state index in [-0.39, 0.29) is 0 Å². The zero-order valence-electron chi connectivity index (χ0n) is 6.99. The van der Waals surface area contributed by atoms with Crippen LogP contribution in [-0.4, -0.2) is 5.67 Å². The van der Waals surface area contributed by atoms with E-state index in [2.05, 4.69) is 6.92 Å². The average molecular weight is 144 g/mol. The van der Waals surface area contributed by atoms with Gasteiger partial charge in [0, 0.05) is 0 Å². The molecule has 60 valence electrons. The Bertz CT molecular complexity index is 107. The van der Waals surface area contributed by atoms with Crippen molar-refractivity contribution in [2.24, 2.45) is 5.92 Å². The van der Waals surface area contributed by atoms with Gasteiger partial charge in [-0.2, -0.15) is 0 Å². The maximum absolute atomic E-state index is 13.2. The highest BCUT2D eigenvalue weighted by Gasteiger charge is 2.33. The lowest BCUT2D eigenvalue weighted by molar-refractivity contribution is 0.191. The second-order valence-electron chi connectivity index (χ2n) is 3.81. The molecule has 0 N–H and O–H groups in total. The minimum atomic E-state index is -0.833. The summed E-state index contributed by atoms with van der Waals surface area (Å²) in [4.78, 5) is 0. The first-order valence-electron chi connectivity index (χ1n) is 4.33. The molecule has 1 saturated carbocycles. The standard InChI is InChI=1S/C9H17F/c1-3-4-8-5-6-9(2,10)7-8/h8H,3-7H2,1-2H3. The predicted octanol–water partition coefficient (Wildman–Crippen LogP) is 3.31. The van der Waals surface area contributed by atoms with Crippen molar-refractivity contribution < 1.29 is 4.39 Å². The van der Waals surface area contributed by atoms with Crippen LogP contribution in [0.25, 0.3) is 0 Å². The second-order valence-corrected chi connectivity index (χ2v) is 3.81. The van der Waals surface area contributed by atoms with E-state index in [4.69, 9.17) is 0 Å². The van der Waals surface area contributed by atoms with Crippen LogP contribution in [0.2, 0.25) is 0 Å². The Kier molecular flexibility index (Phi) is 2.32. The molecule has 0 aromatic heterocycles. The van der Waals surface area contributed by atoms with Crippen molar-refractivity contribution in [2.45, 2.75) is 51.6 Å². The van der Waals surface area contributed by atoms with Crippen LogP contribution in [0, 0.1) is 5.92 Å². The lowest BCUT2D eigenvalue weighted by Gasteiger charge is -2.11. The monoisotopic (exact) mass is 144 g/mol. The second kappa shape index (κ2) is 2.89. The minimum absolute atomic E-state index is 0.681. The summed E-state index contributed by atoms with van der Waals surface area (Å²) in [6.45, 7) is 3.91. The Morgan fingerprint density at radius 3 is 2.70 bits per heavy atom. The topological polar surface area (TPSA) is 0 Å². The third kappa shape index (κ3) is 1.96. The van der Waals surface area contributed by atoms with Gasteiger partial charge in [0.2, 0.25) is 0 Å². The van der Waals surface area contributed by atoms with Gasteiger partial charge in [-0.25, -0.2) is 4.39 Å². The molecule has 0 radical (unpaired) electrons. The summed E-state index contributed by atoms with van der Waals surface area (Å²) in [6.07, 6.45) is 5.14. The Morgan fingerprint density at radius 2 is 2.30 bits per heavy atom. The lowest BCUT2D eigenvalue weighted by atomic mass is 10.0. The van der Waals surface area contributed by atoms with E-state index in [1.165, 1.54) is 12.8 Å². The van der Waals surface area contributed by atoms with E-state index in [0.29, 0.717) is 5.92 Å². The smallest absolute Gasteiger partial charge is 0.108 e. The van der Waals surface area contributed by atoms with Crippen molar-refractivity contribution in [3.63, 3.8) is 0 Å². The maximum Gasteiger partial charge on any atom is 0.108 e. The summed E-state index contributed by atoms with van der Waals surface area (Å²) in [7, 11) is 0. The summed E-state index contributed by atoms with van der Waals surface area (Å²) in [5.41, 5.74) is -0.833. The van der Waals surface area contributed by atoms with Crippen molar-refractivity contribution in [1.82, 2.24) is 0 Å². The Balaban J connectivity index is 2.29. The van der Waals surface area contributed by atoms with E-state index in [0.717, 1.165) is 19.3 Å². The molecule has 0 aliphatic heterocycles. The van der Waals surface area contributed by atoms with Crippen molar-refractivity contribution in [3.05, 3.63) is 0 Å². The molecule has 0 nitrogen and oxygen atoms in total. The third-order valence-electron chi connectivity index (χ3n) is 2.49. The molecule has 0 heterocycles. The van der Waals surface area contributed by atoms with Gasteiger partial charge in [-0.3, -0.25) is 0 Å². The Labute approximate surface area is 62.8 Å². The zero-order valence-corrected chi connectivity index (χ0v) is 6.99. The first-order chi connectivity index (χ1) is 4.64. The number of hydrogen-bond donors (Lipinski definition) is 0. The van der Waals surface area contributed by atoms with Crippen LogP contribution in [0.5, 0.6) is 0 Å². The van der Waals surface area contributed by atoms with Gasteiger partial charge in [-0.15, -0.1) is 0 Å². The summed E-state index contributed by atoms with van der Waals surface area (Å²) < 4.78 is 13.2. The molecular formula is C9H17F. The lowest BCUT2D eigenvalue weighted by Crippen LogP contribution is -2.11. The van der Waals surface area contributed by atoms with Crippen molar-refractivity contribution in [2.75, 3.05) is 0 Å². The van der Waals surface area contributed by atoms with Gasteiger partial charge in [0.1, 0.15) is 5.67 Å². The SMILES string of the molecule is CCCC1CCC(C)(F)C1. The van der Waals surface area contributed by atoms with Crippen LogP contribution in [0.15, 0.2) is 0 Å². The van der Waals surface area contributed by atoms with Crippen LogP contribution >= 0.6 is 0 Å². The molecule has 0 bridgehead atoms. The van der Waals surface area contributed by atoms with Crippen LogP contribution in [-0.2, 0) is 0 Å². The van der Waals surface area contributed by atoms with Gasteiger partial charge in [0.15, 0.2) is 0 Å². The molecular weight excluding hydrogens is 127 g/mol. The molecule has 1 aliphatic carbocycles. The zero-order chi connectivity index (χ0) is 7.61. The highest BCUT2D eigenvalue weighted by molar-refractivity contribution is 4.85. The summed E-state index contributed by atoms with van der Waals surface area (Å²) in [5, 5.41) is 0. The highest BCUT2D eigenvalue weighted by atomic mass is 19.1. The fourth-order valence-electron chi connectivity index (χ4n) is 1.97. The highest BCUT2D eigenvalue weighted by Crippen LogP contribution is 2.39. The van der Waals surface area contributed by atoms with Gasteiger partial charge in [-0.05, 0) is 32.1 Å². The van der Waals surface area contributed by atoms with Crippen molar-refractivity contribution in [3.8, 4) is 0 Å². The molecule has 2 unspecified atom stereocenters. The van der Waals surface area contributed by atoms with E-state index in [1.54, 1.807) is 6.92 Å². The van der Waals surface area contributed by atoms with Crippen molar-refractivity contribution >= 4 is 0 Å². The first kappa shape index (κ1) is 8.03. The molecule has 1 aliphatic rings. The third-order valence-corrected chi connectivity index (χ3v) is 2.49. The molecule has 1 heteroatoms. The molecule has 0 saturated heterocycles.